The van der Waals surface area contributed by atoms with Crippen LogP contribution in [-0.4, -0.2) is 40.2 Å². The van der Waals surface area contributed by atoms with Gasteiger partial charge in [-0.1, -0.05) is 25.1 Å². The van der Waals surface area contributed by atoms with Crippen molar-refractivity contribution in [1.29, 1.82) is 0 Å². The number of anilines is 3. The minimum absolute atomic E-state index is 0.0296. The van der Waals surface area contributed by atoms with Crippen molar-refractivity contribution in [2.24, 2.45) is 0 Å². The third-order valence-electron chi connectivity index (χ3n) is 4.90. The number of H-pyrrole nitrogens is 2. The molecule has 0 aliphatic rings. The fourth-order valence-corrected chi connectivity index (χ4v) is 3.23. The summed E-state index contributed by atoms with van der Waals surface area (Å²) >= 11 is 0. The number of para-hydroxylation sites is 1. The normalized spacial score (nSPS) is 11.6. The van der Waals surface area contributed by atoms with Crippen LogP contribution in [-0.2, 0) is 0 Å². The molecule has 0 spiro atoms. The lowest BCUT2D eigenvalue weighted by Crippen LogP contribution is -2.27. The largest absolute Gasteiger partial charge is 0.505 e. The van der Waals surface area contributed by atoms with Crippen molar-refractivity contribution < 1.29 is 14.3 Å². The molecule has 5 N–H and O–H groups in total. The Hall–Kier alpha value is -4.08. The molecule has 10 heteroatoms. The van der Waals surface area contributed by atoms with Gasteiger partial charge in [-0.25, -0.2) is 4.39 Å². The number of aromatic hydroxyl groups is 1. The van der Waals surface area contributed by atoms with Gasteiger partial charge in [0, 0.05) is 14.1 Å². The zero-order chi connectivity index (χ0) is 23.4. The summed E-state index contributed by atoms with van der Waals surface area (Å²) < 4.78 is 13.7. The molecule has 0 radical (unpaired) electrons. The van der Waals surface area contributed by atoms with Crippen LogP contribution < -0.4 is 21.8 Å². The fourth-order valence-electron chi connectivity index (χ4n) is 3.23. The number of amides is 1. The Kier molecular flexibility index (Phi) is 6.62. The van der Waals surface area contributed by atoms with Crippen molar-refractivity contribution in [3.8, 4) is 5.75 Å². The van der Waals surface area contributed by atoms with Gasteiger partial charge in [0.05, 0.1) is 17.3 Å². The Morgan fingerprint density at radius 3 is 2.38 bits per heavy atom. The zero-order valence-electron chi connectivity index (χ0n) is 17.8. The van der Waals surface area contributed by atoms with Crippen LogP contribution in [0.3, 0.4) is 0 Å². The summed E-state index contributed by atoms with van der Waals surface area (Å²) in [7, 11) is 3.09. The van der Waals surface area contributed by atoms with Gasteiger partial charge in [0.15, 0.2) is 5.75 Å². The number of hydrogen-bond acceptors (Lipinski definition) is 6. The minimum Gasteiger partial charge on any atom is -0.505 e. The van der Waals surface area contributed by atoms with Crippen LogP contribution in [0.2, 0.25) is 0 Å². The van der Waals surface area contributed by atoms with Crippen LogP contribution in [0.5, 0.6) is 5.75 Å². The Bertz CT molecular complexity index is 1250. The average Bonchev–Trinajstić information content (AvgIpc) is 2.76. The van der Waals surface area contributed by atoms with Gasteiger partial charge >= 0.3 is 0 Å². The highest BCUT2D eigenvalue weighted by molar-refractivity contribution is 5.98. The SMILES string of the molecule is CCC(Nc1c(Nc2cccc(C(=O)N(C)C)c2O)c(=O)[nH][nH]c1=O)c1cccc(F)c1. The standard InChI is InChI=1S/C22H24FN5O4/c1-4-15(12-7-5-8-13(23)11-12)24-17-18(21(31)27-26-20(17)30)25-16-10-6-9-14(19(16)29)22(32)28(2)3/h5-11,15,29H,4H2,1-3H3,(H2,24,27,31)(H2,25,26,30). The number of phenolic OH excluding ortho intramolecular Hbond substituents is 1. The Morgan fingerprint density at radius 1 is 1.09 bits per heavy atom. The second-order valence-corrected chi connectivity index (χ2v) is 7.34. The first-order valence-corrected chi connectivity index (χ1v) is 9.90. The lowest BCUT2D eigenvalue weighted by molar-refractivity contribution is 0.0824. The van der Waals surface area contributed by atoms with Crippen LogP contribution in [0.15, 0.2) is 52.1 Å². The monoisotopic (exact) mass is 441 g/mol. The van der Waals surface area contributed by atoms with E-state index in [1.165, 1.54) is 35.2 Å². The summed E-state index contributed by atoms with van der Waals surface area (Å²) in [6, 6.07) is 9.91. The molecule has 1 amide bonds. The molecule has 0 aliphatic heterocycles. The van der Waals surface area contributed by atoms with Gasteiger partial charge in [0.2, 0.25) is 0 Å². The highest BCUT2D eigenvalue weighted by atomic mass is 19.1. The number of aromatic nitrogens is 2. The third-order valence-corrected chi connectivity index (χ3v) is 4.90. The second-order valence-electron chi connectivity index (χ2n) is 7.34. The predicted molar refractivity (Wildman–Crippen MR) is 120 cm³/mol. The summed E-state index contributed by atoms with van der Waals surface area (Å²) in [5, 5.41) is 20.8. The molecule has 168 valence electrons. The molecule has 0 fully saturated rings. The van der Waals surface area contributed by atoms with E-state index in [9.17, 15) is 23.9 Å². The maximum atomic E-state index is 13.7. The molecule has 32 heavy (non-hydrogen) atoms. The van der Waals surface area contributed by atoms with Crippen LogP contribution in [0.25, 0.3) is 0 Å². The number of carbonyl (C=O) groups excluding carboxylic acids is 1. The van der Waals surface area contributed by atoms with Crippen molar-refractivity contribution in [3.63, 3.8) is 0 Å². The van der Waals surface area contributed by atoms with Gasteiger partial charge < -0.3 is 20.6 Å². The number of halogens is 1. The first-order valence-electron chi connectivity index (χ1n) is 9.90. The van der Waals surface area contributed by atoms with Crippen LogP contribution in [0.4, 0.5) is 21.5 Å². The second kappa shape index (κ2) is 9.38. The maximum Gasteiger partial charge on any atom is 0.288 e. The number of benzene rings is 2. The number of nitrogens with one attached hydrogen (secondary N) is 4. The zero-order valence-corrected chi connectivity index (χ0v) is 17.8. The molecule has 2 aromatic carbocycles. The minimum atomic E-state index is -0.662. The smallest absolute Gasteiger partial charge is 0.288 e. The Balaban J connectivity index is 2.04. The molecule has 3 rings (SSSR count). The van der Waals surface area contributed by atoms with E-state index in [-0.39, 0.29) is 28.4 Å². The molecule has 1 atom stereocenters. The molecule has 1 aromatic heterocycles. The molecule has 0 saturated heterocycles. The number of aromatic amines is 2. The van der Waals surface area contributed by atoms with Crippen molar-refractivity contribution in [3.05, 3.63) is 80.1 Å². The van der Waals surface area contributed by atoms with E-state index < -0.39 is 28.9 Å². The molecule has 1 unspecified atom stereocenters. The van der Waals surface area contributed by atoms with E-state index in [0.29, 0.717) is 12.0 Å². The molecule has 3 aromatic rings. The maximum absolute atomic E-state index is 13.7. The molecule has 0 aliphatic carbocycles. The van der Waals surface area contributed by atoms with Crippen molar-refractivity contribution >= 4 is 23.0 Å². The summed E-state index contributed by atoms with van der Waals surface area (Å²) in [5.41, 5.74) is -0.842. The highest BCUT2D eigenvalue weighted by Gasteiger charge is 2.21. The number of rotatable bonds is 7. The topological polar surface area (TPSA) is 130 Å². The van der Waals surface area contributed by atoms with E-state index in [1.54, 1.807) is 26.2 Å². The van der Waals surface area contributed by atoms with Gasteiger partial charge in [0.25, 0.3) is 17.0 Å². The van der Waals surface area contributed by atoms with Crippen LogP contribution in [0, 0.1) is 5.82 Å². The number of nitrogens with zero attached hydrogens (tertiary/aromatic N) is 1. The van der Waals surface area contributed by atoms with Crippen molar-refractivity contribution in [1.82, 2.24) is 15.1 Å². The van der Waals surface area contributed by atoms with Gasteiger partial charge in [-0.2, -0.15) is 0 Å². The average molecular weight is 441 g/mol. The molecular formula is C22H24FN5O4. The van der Waals surface area contributed by atoms with Crippen LogP contribution in [0.1, 0.15) is 35.3 Å². The lowest BCUT2D eigenvalue weighted by atomic mass is 10.0. The Labute approximate surface area is 182 Å². The summed E-state index contributed by atoms with van der Waals surface area (Å²) in [5.74, 6) is -1.22. The van der Waals surface area contributed by atoms with E-state index in [4.69, 9.17) is 0 Å². The first kappa shape index (κ1) is 22.6. The molecule has 0 bridgehead atoms. The summed E-state index contributed by atoms with van der Waals surface area (Å²) in [6.45, 7) is 1.85. The fraction of sp³-hybridized carbons (Fsp3) is 0.227. The van der Waals surface area contributed by atoms with Crippen LogP contribution >= 0.6 is 0 Å². The van der Waals surface area contributed by atoms with E-state index in [2.05, 4.69) is 20.8 Å². The van der Waals surface area contributed by atoms with Gasteiger partial charge in [-0.15, -0.1) is 0 Å². The van der Waals surface area contributed by atoms with Gasteiger partial charge in [-0.05, 0) is 36.2 Å². The third kappa shape index (κ3) is 4.64. The van der Waals surface area contributed by atoms with E-state index in [1.807, 2.05) is 6.92 Å². The number of carbonyl (C=O) groups is 1. The molecule has 9 nitrogen and oxygen atoms in total. The van der Waals surface area contributed by atoms with Crippen molar-refractivity contribution in [2.75, 3.05) is 24.7 Å². The van der Waals surface area contributed by atoms with Gasteiger partial charge in [-0.3, -0.25) is 24.6 Å². The van der Waals surface area contributed by atoms with E-state index >= 15 is 0 Å². The highest BCUT2D eigenvalue weighted by Crippen LogP contribution is 2.32. The summed E-state index contributed by atoms with van der Waals surface area (Å²) in [6.07, 6.45) is 0.493. The first-order chi connectivity index (χ1) is 15.2. The molecule has 0 saturated carbocycles. The van der Waals surface area contributed by atoms with Crippen molar-refractivity contribution in [2.45, 2.75) is 19.4 Å². The predicted octanol–water partition coefficient (Wildman–Crippen LogP) is 2.92. The van der Waals surface area contributed by atoms with E-state index in [0.717, 1.165) is 0 Å². The number of phenols is 1. The van der Waals surface area contributed by atoms with Gasteiger partial charge in [0.1, 0.15) is 17.2 Å². The Morgan fingerprint density at radius 2 is 1.75 bits per heavy atom. The molecular weight excluding hydrogens is 417 g/mol. The lowest BCUT2D eigenvalue weighted by Gasteiger charge is -2.21. The molecule has 1 heterocycles. The quantitative estimate of drug-likeness (QED) is 0.359. The number of hydrogen-bond donors (Lipinski definition) is 5. The summed E-state index contributed by atoms with van der Waals surface area (Å²) in [4.78, 5) is 38.7.